The van der Waals surface area contributed by atoms with Gasteiger partial charge in [-0.05, 0) is 42.2 Å². The molecule has 1 aliphatic rings. The Balaban J connectivity index is 2.18. The van der Waals surface area contributed by atoms with Crippen LogP contribution in [-0.2, 0) is 10.8 Å². The maximum atomic E-state index is 13.7. The Labute approximate surface area is 191 Å². The molecule has 0 aromatic heterocycles. The highest BCUT2D eigenvalue weighted by atomic mass is 32.2. The summed E-state index contributed by atoms with van der Waals surface area (Å²) in [6.07, 6.45) is 6.84. The maximum absolute atomic E-state index is 13.7. The maximum Gasteiger partial charge on any atom is 0.0714 e. The lowest BCUT2D eigenvalue weighted by atomic mass is 9.68. The van der Waals surface area contributed by atoms with Crippen LogP contribution in [0, 0.1) is 5.41 Å². The molecule has 1 heterocycles. The summed E-state index contributed by atoms with van der Waals surface area (Å²) < 4.78 is 13.7. The third-order valence-electron chi connectivity index (χ3n) is 6.92. The van der Waals surface area contributed by atoms with E-state index in [9.17, 15) is 9.32 Å². The van der Waals surface area contributed by atoms with Gasteiger partial charge in [0.25, 0.3) is 0 Å². The average molecular weight is 442 g/mol. The molecule has 2 unspecified atom stereocenters. The Bertz CT molecular complexity index is 867. The average Bonchev–Trinajstić information content (AvgIpc) is 2.86. The molecule has 0 aliphatic carbocycles. The lowest BCUT2D eigenvalue weighted by Crippen LogP contribution is -2.42. The number of aliphatic hydroxyl groups is 1. The van der Waals surface area contributed by atoms with Gasteiger partial charge in [-0.3, -0.25) is 4.21 Å². The fraction of sp³-hybridized carbons (Fsp3) is 0.556. The van der Waals surface area contributed by atoms with Crippen molar-refractivity contribution in [2.45, 2.75) is 75.7 Å². The molecule has 31 heavy (non-hydrogen) atoms. The topological polar surface area (TPSA) is 40.5 Å². The molecule has 4 atom stereocenters. The van der Waals surface area contributed by atoms with E-state index in [1.165, 1.54) is 0 Å². The van der Waals surface area contributed by atoms with E-state index in [-0.39, 0.29) is 11.3 Å². The van der Waals surface area contributed by atoms with Crippen molar-refractivity contribution in [1.82, 2.24) is 0 Å². The van der Waals surface area contributed by atoms with Gasteiger partial charge in [0.05, 0.1) is 16.9 Å². The lowest BCUT2D eigenvalue weighted by molar-refractivity contribution is 0.0129. The molecule has 3 rings (SSSR count). The zero-order valence-corrected chi connectivity index (χ0v) is 20.5. The van der Waals surface area contributed by atoms with Gasteiger partial charge in [0.1, 0.15) is 0 Å². The molecule has 0 saturated carbocycles. The Hall–Kier alpha value is -1.65. The Morgan fingerprint density at radius 3 is 2.32 bits per heavy atom. The summed E-state index contributed by atoms with van der Waals surface area (Å²) in [7, 11) is 2.93. The molecule has 170 valence electrons. The monoisotopic (exact) mass is 441 g/mol. The van der Waals surface area contributed by atoms with Gasteiger partial charge in [-0.1, -0.05) is 76.3 Å². The molecule has 0 fully saturated rings. The summed E-state index contributed by atoms with van der Waals surface area (Å²) in [4.78, 5) is 2.97. The van der Waals surface area contributed by atoms with Crippen molar-refractivity contribution >= 4 is 16.5 Å². The summed E-state index contributed by atoms with van der Waals surface area (Å²) >= 11 is 0. The van der Waals surface area contributed by atoms with E-state index in [4.69, 9.17) is 0 Å². The summed E-state index contributed by atoms with van der Waals surface area (Å²) in [5.41, 5.74) is 2.89. The molecule has 0 bridgehead atoms. The van der Waals surface area contributed by atoms with Crippen molar-refractivity contribution in [2.24, 2.45) is 5.41 Å². The van der Waals surface area contributed by atoms with Crippen molar-refractivity contribution in [3.63, 3.8) is 0 Å². The van der Waals surface area contributed by atoms with Gasteiger partial charge in [0.2, 0.25) is 0 Å². The number of nitrogens with zero attached hydrogens (tertiary/aromatic N) is 1. The van der Waals surface area contributed by atoms with Gasteiger partial charge in [-0.15, -0.1) is 0 Å². The molecule has 0 spiro atoms. The fourth-order valence-electron chi connectivity index (χ4n) is 5.06. The van der Waals surface area contributed by atoms with Crippen LogP contribution in [0.15, 0.2) is 53.4 Å². The zero-order chi connectivity index (χ0) is 22.4. The quantitative estimate of drug-likeness (QED) is 0.476. The van der Waals surface area contributed by atoms with Crippen LogP contribution in [0.25, 0.3) is 0 Å². The van der Waals surface area contributed by atoms with Crippen LogP contribution in [-0.4, -0.2) is 35.3 Å². The highest BCUT2D eigenvalue weighted by Gasteiger charge is 2.47. The third kappa shape index (κ3) is 5.23. The van der Waals surface area contributed by atoms with Crippen LogP contribution >= 0.6 is 0 Å². The van der Waals surface area contributed by atoms with E-state index in [1.807, 2.05) is 38.4 Å². The van der Waals surface area contributed by atoms with Crippen LogP contribution in [0.5, 0.6) is 0 Å². The molecule has 0 radical (unpaired) electrons. The van der Waals surface area contributed by atoms with E-state index >= 15 is 0 Å². The van der Waals surface area contributed by atoms with Crippen LogP contribution in [0.2, 0.25) is 0 Å². The predicted octanol–water partition coefficient (Wildman–Crippen LogP) is 6.12. The molecule has 4 heteroatoms. The zero-order valence-electron chi connectivity index (χ0n) is 19.6. The van der Waals surface area contributed by atoms with Crippen LogP contribution in [0.1, 0.15) is 75.8 Å². The third-order valence-corrected chi connectivity index (χ3v) is 8.62. The largest absolute Gasteiger partial charge is 0.392 e. The summed E-state index contributed by atoms with van der Waals surface area (Å²) in [5.74, 6) is 0.385. The first-order valence-corrected chi connectivity index (χ1v) is 13.2. The normalized spacial score (nSPS) is 25.6. The molecule has 3 nitrogen and oxygen atoms in total. The lowest BCUT2D eigenvalue weighted by Gasteiger charge is -2.40. The number of hydrogen-bond acceptors (Lipinski definition) is 3. The first-order chi connectivity index (χ1) is 14.9. The first-order valence-electron chi connectivity index (χ1n) is 11.9. The van der Waals surface area contributed by atoms with E-state index in [0.29, 0.717) is 5.75 Å². The van der Waals surface area contributed by atoms with Crippen LogP contribution < -0.4 is 4.90 Å². The molecule has 0 amide bonds. The first kappa shape index (κ1) is 24.0. The number of fused-ring (bicyclic) bond motifs is 1. The summed E-state index contributed by atoms with van der Waals surface area (Å²) in [5, 5.41) is 12.1. The van der Waals surface area contributed by atoms with Gasteiger partial charge in [-0.2, -0.15) is 0 Å². The molecule has 2 aromatic carbocycles. The van der Waals surface area contributed by atoms with E-state index < -0.39 is 16.9 Å². The number of hydrogen-bond donors (Lipinski definition) is 1. The van der Waals surface area contributed by atoms with Gasteiger partial charge >= 0.3 is 0 Å². The van der Waals surface area contributed by atoms with Crippen LogP contribution in [0.3, 0.4) is 0 Å². The highest BCUT2D eigenvalue weighted by Crippen LogP contribution is 2.49. The number of anilines is 1. The van der Waals surface area contributed by atoms with Crippen molar-refractivity contribution in [2.75, 3.05) is 24.7 Å². The predicted molar refractivity (Wildman–Crippen MR) is 132 cm³/mol. The second-order valence-electron chi connectivity index (χ2n) is 9.36. The summed E-state index contributed by atoms with van der Waals surface area (Å²) in [6.45, 7) is 4.42. The SMILES string of the molecule is CCCCCC1(CCCC)CS(=O)c2ccc(N(C)C)cc2[C@@H](c2ccccc2)[C@H]1O. The molecular formula is C27H39NO2S. The fourth-order valence-corrected chi connectivity index (χ4v) is 6.86. The molecule has 1 aliphatic heterocycles. The minimum absolute atomic E-state index is 0.166. The molecule has 2 aromatic rings. The number of aliphatic hydroxyl groups excluding tert-OH is 1. The Morgan fingerprint density at radius 2 is 1.68 bits per heavy atom. The van der Waals surface area contributed by atoms with E-state index in [2.05, 4.69) is 43.0 Å². The second-order valence-corrected chi connectivity index (χ2v) is 10.8. The number of benzene rings is 2. The van der Waals surface area contributed by atoms with Crippen LogP contribution in [0.4, 0.5) is 5.69 Å². The van der Waals surface area contributed by atoms with E-state index in [0.717, 1.165) is 66.7 Å². The van der Waals surface area contributed by atoms with Crippen molar-refractivity contribution in [1.29, 1.82) is 0 Å². The van der Waals surface area contributed by atoms with Gasteiger partial charge in [0, 0.05) is 41.8 Å². The summed E-state index contributed by atoms with van der Waals surface area (Å²) in [6, 6.07) is 16.6. The molecule has 1 N–H and O–H groups in total. The Kier molecular flexibility index (Phi) is 8.35. The van der Waals surface area contributed by atoms with E-state index in [1.54, 1.807) is 0 Å². The minimum atomic E-state index is -1.13. The van der Waals surface area contributed by atoms with Crippen molar-refractivity contribution in [3.8, 4) is 0 Å². The second kappa shape index (κ2) is 10.8. The molecular weight excluding hydrogens is 402 g/mol. The smallest absolute Gasteiger partial charge is 0.0714 e. The highest BCUT2D eigenvalue weighted by molar-refractivity contribution is 7.85. The minimum Gasteiger partial charge on any atom is -0.392 e. The van der Waals surface area contributed by atoms with Gasteiger partial charge in [0.15, 0.2) is 0 Å². The molecule has 0 saturated heterocycles. The van der Waals surface area contributed by atoms with Gasteiger partial charge < -0.3 is 10.0 Å². The van der Waals surface area contributed by atoms with Crippen molar-refractivity contribution < 1.29 is 9.32 Å². The number of unbranched alkanes of at least 4 members (excludes halogenated alkanes) is 3. The standard InChI is InChI=1S/C27H39NO2S/c1-5-7-12-18-27(17-8-6-2)20-31(30)24-16-15-22(28(3)4)19-23(24)25(26(27)29)21-13-10-9-11-14-21/h9-11,13-16,19,25-26,29H,5-8,12,17-18,20H2,1-4H3/t25-,26-,27?,31?/m1/s1. The Morgan fingerprint density at radius 1 is 1.00 bits per heavy atom. The van der Waals surface area contributed by atoms with Crippen molar-refractivity contribution in [3.05, 3.63) is 59.7 Å². The van der Waals surface area contributed by atoms with Gasteiger partial charge in [-0.25, -0.2) is 0 Å². The number of rotatable bonds is 9.